The molecule has 5 nitrogen and oxygen atoms in total. The quantitative estimate of drug-likeness (QED) is 0.766. The van der Waals surface area contributed by atoms with Gasteiger partial charge < -0.3 is 19.5 Å². The van der Waals surface area contributed by atoms with E-state index >= 15 is 0 Å². The monoisotopic (exact) mass is 270 g/mol. The van der Waals surface area contributed by atoms with Gasteiger partial charge in [0.1, 0.15) is 11.5 Å². The molecule has 2 aromatic heterocycles. The van der Waals surface area contributed by atoms with Crippen molar-refractivity contribution in [3.05, 3.63) is 54.1 Å². The summed E-state index contributed by atoms with van der Waals surface area (Å²) in [6.07, 6.45) is 3.28. The summed E-state index contributed by atoms with van der Waals surface area (Å²) in [5.74, 6) is 1.29. The number of ether oxygens (including phenoxy) is 1. The van der Waals surface area contributed by atoms with Crippen LogP contribution in [0.2, 0.25) is 0 Å². The predicted molar refractivity (Wildman–Crippen MR) is 74.7 cm³/mol. The van der Waals surface area contributed by atoms with E-state index in [0.29, 0.717) is 12.1 Å². The summed E-state index contributed by atoms with van der Waals surface area (Å²) in [6.45, 7) is 0.364. The van der Waals surface area contributed by atoms with Crippen LogP contribution in [0.5, 0.6) is 5.75 Å². The summed E-state index contributed by atoms with van der Waals surface area (Å²) in [6, 6.07) is 9.19. The molecule has 0 radical (unpaired) electrons. The topological polar surface area (TPSA) is 67.3 Å². The summed E-state index contributed by atoms with van der Waals surface area (Å²) >= 11 is 0. The van der Waals surface area contributed by atoms with Crippen LogP contribution in [0.1, 0.15) is 16.1 Å². The summed E-state index contributed by atoms with van der Waals surface area (Å²) in [7, 11) is 1.60. The molecule has 3 rings (SSSR count). The molecule has 0 fully saturated rings. The number of carbonyl (C=O) groups excluding carboxylic acids is 1. The van der Waals surface area contributed by atoms with Gasteiger partial charge in [0.2, 0.25) is 0 Å². The molecule has 2 N–H and O–H groups in total. The van der Waals surface area contributed by atoms with Crippen LogP contribution < -0.4 is 10.1 Å². The maximum atomic E-state index is 12.2. The van der Waals surface area contributed by atoms with Crippen LogP contribution in [0.4, 0.5) is 0 Å². The second kappa shape index (κ2) is 5.13. The van der Waals surface area contributed by atoms with Gasteiger partial charge in [0.05, 0.1) is 25.5 Å². The summed E-state index contributed by atoms with van der Waals surface area (Å²) < 4.78 is 10.4. The molecule has 102 valence electrons. The van der Waals surface area contributed by atoms with Gasteiger partial charge in [0, 0.05) is 17.1 Å². The molecule has 5 heteroatoms. The van der Waals surface area contributed by atoms with Crippen molar-refractivity contribution in [3.8, 4) is 5.75 Å². The average Bonchev–Trinajstić information content (AvgIpc) is 3.13. The van der Waals surface area contributed by atoms with Crippen molar-refractivity contribution in [3.63, 3.8) is 0 Å². The number of hydrogen-bond donors (Lipinski definition) is 2. The van der Waals surface area contributed by atoms with Gasteiger partial charge in [0.15, 0.2) is 0 Å². The zero-order chi connectivity index (χ0) is 13.9. The first-order valence-electron chi connectivity index (χ1n) is 6.23. The standard InChI is InChI=1S/C15H14N2O3/c1-19-10-4-5-14-12(7-10)13(9-16-14)15(18)17-8-11-3-2-6-20-11/h2-7,9,16H,8H2,1H3,(H,17,18). The van der Waals surface area contributed by atoms with Crippen LogP contribution in [0.15, 0.2) is 47.2 Å². The second-order valence-electron chi connectivity index (χ2n) is 4.38. The van der Waals surface area contributed by atoms with E-state index in [1.807, 2.05) is 24.3 Å². The van der Waals surface area contributed by atoms with Gasteiger partial charge in [-0.15, -0.1) is 0 Å². The van der Waals surface area contributed by atoms with Crippen molar-refractivity contribution >= 4 is 16.8 Å². The highest BCUT2D eigenvalue weighted by molar-refractivity contribution is 6.07. The van der Waals surface area contributed by atoms with E-state index in [4.69, 9.17) is 9.15 Å². The zero-order valence-corrected chi connectivity index (χ0v) is 11.0. The summed E-state index contributed by atoms with van der Waals surface area (Å²) in [4.78, 5) is 15.3. The van der Waals surface area contributed by atoms with Gasteiger partial charge in [-0.2, -0.15) is 0 Å². The van der Waals surface area contributed by atoms with Crippen molar-refractivity contribution in [2.45, 2.75) is 6.54 Å². The Balaban J connectivity index is 1.83. The highest BCUT2D eigenvalue weighted by Crippen LogP contribution is 2.23. The molecular weight excluding hydrogens is 256 g/mol. The number of benzene rings is 1. The van der Waals surface area contributed by atoms with Crippen molar-refractivity contribution in [2.75, 3.05) is 7.11 Å². The number of aromatic nitrogens is 1. The van der Waals surface area contributed by atoms with E-state index < -0.39 is 0 Å². The lowest BCUT2D eigenvalue weighted by Gasteiger charge is -2.03. The number of rotatable bonds is 4. The zero-order valence-electron chi connectivity index (χ0n) is 11.0. The largest absolute Gasteiger partial charge is 0.497 e. The number of carbonyl (C=O) groups is 1. The third-order valence-corrected chi connectivity index (χ3v) is 3.14. The van der Waals surface area contributed by atoms with E-state index in [0.717, 1.165) is 22.4 Å². The van der Waals surface area contributed by atoms with Crippen molar-refractivity contribution in [1.29, 1.82) is 0 Å². The number of furan rings is 1. The summed E-state index contributed by atoms with van der Waals surface area (Å²) in [5, 5.41) is 3.66. The molecule has 0 aliphatic carbocycles. The van der Waals surface area contributed by atoms with Crippen LogP contribution in [-0.4, -0.2) is 18.0 Å². The molecule has 1 aromatic carbocycles. The van der Waals surface area contributed by atoms with Crippen LogP contribution in [0, 0.1) is 0 Å². The average molecular weight is 270 g/mol. The minimum Gasteiger partial charge on any atom is -0.497 e. The molecule has 1 amide bonds. The number of amides is 1. The molecule has 0 aliphatic heterocycles. The highest BCUT2D eigenvalue weighted by Gasteiger charge is 2.12. The van der Waals surface area contributed by atoms with E-state index in [1.165, 1.54) is 0 Å². The maximum Gasteiger partial charge on any atom is 0.253 e. The van der Waals surface area contributed by atoms with Crippen LogP contribution >= 0.6 is 0 Å². The Morgan fingerprint density at radius 2 is 2.30 bits per heavy atom. The minimum absolute atomic E-state index is 0.152. The molecule has 20 heavy (non-hydrogen) atoms. The molecule has 2 heterocycles. The molecule has 0 saturated heterocycles. The number of nitrogens with one attached hydrogen (secondary N) is 2. The van der Waals surface area contributed by atoms with Crippen molar-refractivity contribution < 1.29 is 13.9 Å². The fourth-order valence-corrected chi connectivity index (χ4v) is 2.09. The molecule has 0 atom stereocenters. The minimum atomic E-state index is -0.152. The van der Waals surface area contributed by atoms with Crippen LogP contribution in [0.3, 0.4) is 0 Å². The number of hydrogen-bond acceptors (Lipinski definition) is 3. The van der Waals surface area contributed by atoms with Gasteiger partial charge in [-0.25, -0.2) is 0 Å². The Morgan fingerprint density at radius 1 is 1.40 bits per heavy atom. The maximum absolute atomic E-state index is 12.2. The SMILES string of the molecule is COc1ccc2[nH]cc(C(=O)NCc3ccco3)c2c1. The molecule has 0 aliphatic rings. The Hall–Kier alpha value is -2.69. The van der Waals surface area contributed by atoms with Crippen LogP contribution in [0.25, 0.3) is 10.9 Å². The lowest BCUT2D eigenvalue weighted by molar-refractivity contribution is 0.0949. The van der Waals surface area contributed by atoms with Gasteiger partial charge in [-0.1, -0.05) is 0 Å². The van der Waals surface area contributed by atoms with E-state index in [9.17, 15) is 4.79 Å². The second-order valence-corrected chi connectivity index (χ2v) is 4.38. The molecule has 0 unspecified atom stereocenters. The molecular formula is C15H14N2O3. The van der Waals surface area contributed by atoms with Gasteiger partial charge in [-0.05, 0) is 30.3 Å². The van der Waals surface area contributed by atoms with Crippen molar-refractivity contribution in [1.82, 2.24) is 10.3 Å². The summed E-state index contributed by atoms with van der Waals surface area (Å²) in [5.41, 5.74) is 1.49. The van der Waals surface area contributed by atoms with Gasteiger partial charge in [0.25, 0.3) is 5.91 Å². The van der Waals surface area contributed by atoms with E-state index in [1.54, 1.807) is 25.6 Å². The highest BCUT2D eigenvalue weighted by atomic mass is 16.5. The Bertz CT molecular complexity index is 729. The van der Waals surface area contributed by atoms with Gasteiger partial charge in [-0.3, -0.25) is 4.79 Å². The smallest absolute Gasteiger partial charge is 0.253 e. The number of aromatic amines is 1. The molecule has 0 bridgehead atoms. The van der Waals surface area contributed by atoms with E-state index in [-0.39, 0.29) is 5.91 Å². The number of H-pyrrole nitrogens is 1. The number of methoxy groups -OCH3 is 1. The molecule has 3 aromatic rings. The normalized spacial score (nSPS) is 10.7. The first-order chi connectivity index (χ1) is 9.78. The third kappa shape index (κ3) is 2.25. The fraction of sp³-hybridized carbons (Fsp3) is 0.133. The lowest BCUT2D eigenvalue weighted by Crippen LogP contribution is -2.22. The Labute approximate surface area is 115 Å². The first kappa shape index (κ1) is 12.3. The molecule has 0 spiro atoms. The van der Waals surface area contributed by atoms with E-state index in [2.05, 4.69) is 10.3 Å². The number of fused-ring (bicyclic) bond motifs is 1. The predicted octanol–water partition coefficient (Wildman–Crippen LogP) is 2.70. The van der Waals surface area contributed by atoms with Crippen molar-refractivity contribution in [2.24, 2.45) is 0 Å². The lowest BCUT2D eigenvalue weighted by atomic mass is 10.1. The fourth-order valence-electron chi connectivity index (χ4n) is 2.09. The Morgan fingerprint density at radius 3 is 3.05 bits per heavy atom. The molecule has 0 saturated carbocycles. The Kier molecular flexibility index (Phi) is 3.16. The third-order valence-electron chi connectivity index (χ3n) is 3.14. The van der Waals surface area contributed by atoms with Crippen LogP contribution in [-0.2, 0) is 6.54 Å². The van der Waals surface area contributed by atoms with Gasteiger partial charge >= 0.3 is 0 Å². The first-order valence-corrected chi connectivity index (χ1v) is 6.23.